The zero-order chi connectivity index (χ0) is 63.2. The number of nitrogens with zero attached hydrogens (tertiary/aromatic N) is 15. The summed E-state index contributed by atoms with van der Waals surface area (Å²) in [7, 11) is 0. The van der Waals surface area contributed by atoms with Gasteiger partial charge in [0.2, 0.25) is 0 Å². The van der Waals surface area contributed by atoms with Crippen molar-refractivity contribution in [2.45, 2.75) is 123 Å². The highest BCUT2D eigenvalue weighted by Crippen LogP contribution is 2.42. The Kier molecular flexibility index (Phi) is 23.6. The Morgan fingerprint density at radius 1 is 0.609 bits per heavy atom. The van der Waals surface area contributed by atoms with Crippen LogP contribution in [0, 0.1) is 33.1 Å². The van der Waals surface area contributed by atoms with Crippen molar-refractivity contribution in [2.75, 3.05) is 26.5 Å². The van der Waals surface area contributed by atoms with Gasteiger partial charge in [-0.25, -0.2) is 41.5 Å². The van der Waals surface area contributed by atoms with Crippen LogP contribution in [0.4, 0.5) is 18.9 Å². The Morgan fingerprint density at radius 2 is 1.01 bits per heavy atom. The van der Waals surface area contributed by atoms with Crippen molar-refractivity contribution in [3.63, 3.8) is 0 Å². The fourth-order valence-electron chi connectivity index (χ4n) is 9.42. The van der Waals surface area contributed by atoms with Gasteiger partial charge < -0.3 is 30.6 Å². The van der Waals surface area contributed by atoms with Gasteiger partial charge in [0.25, 0.3) is 16.7 Å². The van der Waals surface area contributed by atoms with Crippen molar-refractivity contribution >= 4 is 41.0 Å². The highest BCUT2D eigenvalue weighted by atomic mass is 32.2. The maximum atomic E-state index is 13.1. The van der Waals surface area contributed by atoms with Crippen molar-refractivity contribution in [1.29, 1.82) is 0 Å². The van der Waals surface area contributed by atoms with E-state index in [2.05, 4.69) is 37.1 Å². The predicted octanol–water partition coefficient (Wildman–Crippen LogP) is 2.41. The minimum absolute atomic E-state index is 0.0826. The number of benzene rings is 2. The molecule has 0 saturated carbocycles. The minimum Gasteiger partial charge on any atom is -0.395 e. The van der Waals surface area contributed by atoms with E-state index in [0.29, 0.717) is 47.3 Å². The monoisotopic (exact) mass is 1260 g/mol. The summed E-state index contributed by atoms with van der Waals surface area (Å²) < 4.78 is 45.6. The second-order valence-electron chi connectivity index (χ2n) is 20.0. The quantitative estimate of drug-likeness (QED) is 0.0350. The summed E-state index contributed by atoms with van der Waals surface area (Å²) in [5, 5.41) is 74.2. The molecular formula is C54H62F3N15O12S3. The first kappa shape index (κ1) is 66.8. The lowest BCUT2D eigenvalue weighted by atomic mass is 10.1. The molecule has 5 aromatic heterocycles. The molecule has 0 radical (unpaired) electrons. The highest BCUT2D eigenvalue weighted by molar-refractivity contribution is 8.00. The molecule has 87 heavy (non-hydrogen) atoms. The van der Waals surface area contributed by atoms with Gasteiger partial charge in [-0.2, -0.15) is 0 Å². The van der Waals surface area contributed by atoms with Gasteiger partial charge in [0.05, 0.1) is 95.5 Å². The van der Waals surface area contributed by atoms with Gasteiger partial charge in [-0.05, 0) is 37.4 Å². The average molecular weight is 1260 g/mol. The van der Waals surface area contributed by atoms with Crippen LogP contribution in [0.1, 0.15) is 68.9 Å². The van der Waals surface area contributed by atoms with Crippen LogP contribution < -0.4 is 33.7 Å². The van der Waals surface area contributed by atoms with Gasteiger partial charge in [-0.15, -0.1) is 51.9 Å². The summed E-state index contributed by atoms with van der Waals surface area (Å²) in [4.78, 5) is 78.9. The van der Waals surface area contributed by atoms with Gasteiger partial charge in [0.1, 0.15) is 31.4 Å². The van der Waals surface area contributed by atoms with Crippen LogP contribution in [0.3, 0.4) is 0 Å². The van der Waals surface area contributed by atoms with E-state index in [1.807, 2.05) is 0 Å². The van der Waals surface area contributed by atoms with E-state index in [4.69, 9.17) is 5.53 Å². The Labute approximate surface area is 504 Å². The van der Waals surface area contributed by atoms with E-state index in [-0.39, 0.29) is 88.3 Å². The Morgan fingerprint density at radius 3 is 1.37 bits per heavy atom. The van der Waals surface area contributed by atoms with E-state index < -0.39 is 61.1 Å². The second-order valence-corrected chi connectivity index (χ2v) is 24.3. The van der Waals surface area contributed by atoms with Crippen LogP contribution >= 0.6 is 35.3 Å². The fraction of sp³-hybridized carbons (Fsp3) is 0.444. The molecule has 0 aliphatic carbocycles. The van der Waals surface area contributed by atoms with Crippen LogP contribution in [-0.4, -0.2) is 149 Å². The van der Waals surface area contributed by atoms with Crippen molar-refractivity contribution in [3.8, 4) is 23.6 Å². The molecule has 0 amide bonds. The molecule has 8 heterocycles. The number of terminal acetylenes is 1. The number of hydrogen-bond donors (Lipinski definition) is 6. The number of azide groups is 1. The van der Waals surface area contributed by atoms with Crippen LogP contribution in [-0.2, 0) is 33.2 Å². The lowest BCUT2D eigenvalue weighted by Gasteiger charge is -2.17. The summed E-state index contributed by atoms with van der Waals surface area (Å²) in [6, 6.07) is 13.7. The number of alkyl halides is 3. The van der Waals surface area contributed by atoms with E-state index in [0.717, 1.165) is 30.5 Å². The smallest absolute Gasteiger partial charge is 0.333 e. The molecular weight excluding hydrogens is 1200 g/mol. The molecule has 6 N–H and O–H groups in total. The van der Waals surface area contributed by atoms with Gasteiger partial charge in [-0.1, -0.05) is 70.0 Å². The van der Waals surface area contributed by atoms with Crippen molar-refractivity contribution in [1.82, 2.24) is 57.4 Å². The number of aryl methyl sites for hydroxylation is 3. The maximum absolute atomic E-state index is 13.1. The summed E-state index contributed by atoms with van der Waals surface area (Å²) in [5.74, 6) is 1.76. The molecule has 0 bridgehead atoms. The maximum Gasteiger partial charge on any atom is 0.333 e. The molecule has 33 heteroatoms. The summed E-state index contributed by atoms with van der Waals surface area (Å²) in [6.45, 7) is 2.10. The van der Waals surface area contributed by atoms with Crippen molar-refractivity contribution in [3.05, 3.63) is 186 Å². The molecule has 2 aromatic carbocycles. The first-order valence-electron chi connectivity index (χ1n) is 26.7. The number of rotatable bonds is 16. The molecule has 3 saturated heterocycles. The molecule has 3 fully saturated rings. The van der Waals surface area contributed by atoms with Gasteiger partial charge >= 0.3 is 17.1 Å². The molecule has 3 aliphatic rings. The Bertz CT molecular complexity index is 3970. The van der Waals surface area contributed by atoms with Crippen molar-refractivity contribution < 1.29 is 43.8 Å². The average Bonchev–Trinajstić information content (AvgIpc) is 3.91. The number of thioether (sulfide) groups is 3. The number of aromatic nitrogens is 12. The van der Waals surface area contributed by atoms with E-state index in [1.165, 1.54) is 89.2 Å². The molecule has 9 atom stereocenters. The van der Waals surface area contributed by atoms with Gasteiger partial charge in [-0.3, -0.25) is 37.2 Å². The molecule has 27 nitrogen and oxygen atoms in total. The number of aliphatic hydroxyl groups excluding tert-OH is 6. The zero-order valence-corrected chi connectivity index (χ0v) is 49.4. The predicted molar refractivity (Wildman–Crippen MR) is 319 cm³/mol. The summed E-state index contributed by atoms with van der Waals surface area (Å²) in [5.41, 5.74) is 10.2. The van der Waals surface area contributed by atoms with E-state index in [9.17, 15) is 72.6 Å². The van der Waals surface area contributed by atoms with Crippen molar-refractivity contribution in [2.24, 2.45) is 5.11 Å². The third-order valence-corrected chi connectivity index (χ3v) is 18.6. The van der Waals surface area contributed by atoms with Crippen LogP contribution in [0.25, 0.3) is 21.7 Å². The molecule has 7 aromatic rings. The number of hydrogen-bond acceptors (Lipinski definition) is 20. The van der Waals surface area contributed by atoms with Crippen LogP contribution in [0.15, 0.2) is 113 Å². The molecule has 10 rings (SSSR count). The van der Waals surface area contributed by atoms with Crippen LogP contribution in [0.5, 0.6) is 0 Å². The fourth-order valence-corrected chi connectivity index (χ4v) is 13.5. The summed E-state index contributed by atoms with van der Waals surface area (Å²) >= 11 is 3.94. The van der Waals surface area contributed by atoms with E-state index >= 15 is 0 Å². The second kappa shape index (κ2) is 30.7. The zero-order valence-electron chi connectivity index (χ0n) is 47.0. The lowest BCUT2D eigenvalue weighted by molar-refractivity contribution is 0.137. The normalized spacial score (nSPS) is 21.2. The first-order valence-corrected chi connectivity index (χ1v) is 29.5. The summed E-state index contributed by atoms with van der Waals surface area (Å²) in [6.07, 6.45) is 10.5. The number of aliphatic hydroxyl groups is 6. The molecule has 0 spiro atoms. The molecule has 464 valence electrons. The van der Waals surface area contributed by atoms with Gasteiger partial charge in [0.15, 0.2) is 6.80 Å². The van der Waals surface area contributed by atoms with Gasteiger partial charge in [0, 0.05) is 70.7 Å². The Balaban J connectivity index is 0.000000182. The Hall–Kier alpha value is -7.77. The lowest BCUT2D eigenvalue weighted by Crippen LogP contribution is -2.42. The minimum atomic E-state index is -0.786. The SMILES string of the molecule is C#CC[18F].Cc1cn(C2CC(O)[C@@H](CO)S2)c(=O)n(Cc2ccc(-c3cn(C[18F])nn3)cc2)c1=O.Cc1cn(C2CC(O)[C@@H](CO)S2)c(=O)n(Cc2ccc(N=[N+]=[N-])cc2)c1=O.Cc1cn(C2CC(O)[C@@H](CO)S2)c(=O)n(Cn2cc(C[18F])nn2)c1=O. The molecule has 3 aliphatic heterocycles. The largest absolute Gasteiger partial charge is 0.395 e. The topological polar surface area (TPSA) is 364 Å². The third-order valence-electron chi connectivity index (χ3n) is 14.0. The standard InChI is InChI=1S/C20H22FN5O4S.C17H19N5O4S.C14H18FN5O4S.C3H3F/c1-12-7-25(18-6-16(28)17(10-27)31-18)20(30)26(19(12)29)8-13-2-4-14(5-3-13)15-9-24(11-21)23-22-15;1-10-7-21(15-6-13(24)14(9-23)27-15)17(26)22(16(10)25)8-11-2-4-12(5-3-11)19-20-18;1-8-4-19(12-2-10(22)11(6-21)25-12)14(24)20(13(8)23)7-18-5-9(3-15)16-17-18;1-2-3-4/h2-5,7,9,16-18,27-28H,6,8,10-11H2,1H3;2-5,7,13-15,23-24H,6,8-9H2,1H3;4-5,10-12,21-22H,2-3,6-7H2,1H3;1H,3H2/t16?,17-,18?;13?,14-,15?;10?,11-,12?;/m111./s1/i21-1;;15-1;4-1. The number of halogens is 3. The first-order chi connectivity index (χ1) is 41.7. The van der Waals surface area contributed by atoms with E-state index in [1.54, 1.807) is 75.2 Å². The highest BCUT2D eigenvalue weighted by Gasteiger charge is 2.38. The molecule has 6 unspecified atom stereocenters. The van der Waals surface area contributed by atoms with Crippen LogP contribution in [0.2, 0.25) is 0 Å². The third kappa shape index (κ3) is 16.1.